The summed E-state index contributed by atoms with van der Waals surface area (Å²) < 4.78 is 12.1. The second-order valence-corrected chi connectivity index (χ2v) is 5.39. The molecule has 0 spiro atoms. The van der Waals surface area contributed by atoms with Crippen LogP contribution in [-0.4, -0.2) is 14.2 Å². The van der Waals surface area contributed by atoms with Crippen LogP contribution in [0.15, 0.2) is 46.9 Å². The standard InChI is InChI=1S/C16H18BrNO2/c1-11(18-2)15-9-4-12(17)10-16(15)20-14-7-5-13(19-3)6-8-14/h4-11,18H,1-3H3. The lowest BCUT2D eigenvalue weighted by Crippen LogP contribution is -2.13. The first-order valence-electron chi connectivity index (χ1n) is 6.42. The second kappa shape index (κ2) is 6.77. The van der Waals surface area contributed by atoms with Gasteiger partial charge in [0.05, 0.1) is 7.11 Å². The van der Waals surface area contributed by atoms with E-state index in [-0.39, 0.29) is 6.04 Å². The molecular formula is C16H18BrNO2. The van der Waals surface area contributed by atoms with Crippen LogP contribution in [0.1, 0.15) is 18.5 Å². The van der Waals surface area contributed by atoms with Crippen molar-refractivity contribution in [2.24, 2.45) is 0 Å². The predicted octanol–water partition coefficient (Wildman–Crippen LogP) is 4.53. The summed E-state index contributed by atoms with van der Waals surface area (Å²) in [5, 5.41) is 3.23. The lowest BCUT2D eigenvalue weighted by atomic mass is 10.1. The maximum absolute atomic E-state index is 5.99. The molecule has 1 unspecified atom stereocenters. The van der Waals surface area contributed by atoms with E-state index in [9.17, 15) is 0 Å². The van der Waals surface area contributed by atoms with Crippen molar-refractivity contribution in [3.8, 4) is 17.2 Å². The predicted molar refractivity (Wildman–Crippen MR) is 84.7 cm³/mol. The average molecular weight is 336 g/mol. The zero-order valence-electron chi connectivity index (χ0n) is 11.8. The molecule has 0 bridgehead atoms. The van der Waals surface area contributed by atoms with Gasteiger partial charge in [0, 0.05) is 16.1 Å². The first-order valence-corrected chi connectivity index (χ1v) is 7.22. The Kier molecular flexibility index (Phi) is 5.04. The average Bonchev–Trinajstić information content (AvgIpc) is 2.47. The minimum Gasteiger partial charge on any atom is -0.497 e. The third-order valence-corrected chi connectivity index (χ3v) is 3.66. The molecule has 3 nitrogen and oxygen atoms in total. The first kappa shape index (κ1) is 14.9. The van der Waals surface area contributed by atoms with Gasteiger partial charge in [0.2, 0.25) is 0 Å². The van der Waals surface area contributed by atoms with E-state index in [2.05, 4.69) is 34.2 Å². The molecule has 0 heterocycles. The Hall–Kier alpha value is -1.52. The number of hydrogen-bond donors (Lipinski definition) is 1. The molecule has 2 aromatic carbocycles. The number of methoxy groups -OCH3 is 1. The molecule has 1 N–H and O–H groups in total. The highest BCUT2D eigenvalue weighted by molar-refractivity contribution is 9.10. The van der Waals surface area contributed by atoms with Gasteiger partial charge in [-0.15, -0.1) is 0 Å². The van der Waals surface area contributed by atoms with Crippen LogP contribution in [0.4, 0.5) is 0 Å². The Labute approximate surface area is 128 Å². The lowest BCUT2D eigenvalue weighted by Gasteiger charge is -2.17. The van der Waals surface area contributed by atoms with E-state index in [1.54, 1.807) is 7.11 Å². The Balaban J connectivity index is 2.28. The Bertz CT molecular complexity index is 569. The van der Waals surface area contributed by atoms with Crippen molar-refractivity contribution >= 4 is 15.9 Å². The van der Waals surface area contributed by atoms with E-state index in [1.807, 2.05) is 43.4 Å². The van der Waals surface area contributed by atoms with Gasteiger partial charge in [0.1, 0.15) is 17.2 Å². The first-order chi connectivity index (χ1) is 9.63. The van der Waals surface area contributed by atoms with Crippen LogP contribution in [0.2, 0.25) is 0 Å². The van der Waals surface area contributed by atoms with Crippen molar-refractivity contribution in [2.75, 3.05) is 14.2 Å². The Morgan fingerprint density at radius 2 is 1.70 bits per heavy atom. The van der Waals surface area contributed by atoms with E-state index in [0.29, 0.717) is 0 Å². The fourth-order valence-corrected chi connectivity index (χ4v) is 2.22. The van der Waals surface area contributed by atoms with Crippen LogP contribution in [-0.2, 0) is 0 Å². The van der Waals surface area contributed by atoms with Gasteiger partial charge in [0.25, 0.3) is 0 Å². The Morgan fingerprint density at radius 3 is 2.30 bits per heavy atom. The highest BCUT2D eigenvalue weighted by Gasteiger charge is 2.11. The summed E-state index contributed by atoms with van der Waals surface area (Å²) in [7, 11) is 3.58. The fraction of sp³-hybridized carbons (Fsp3) is 0.250. The highest BCUT2D eigenvalue weighted by Crippen LogP contribution is 2.32. The molecule has 0 aliphatic carbocycles. The maximum atomic E-state index is 5.99. The molecule has 1 atom stereocenters. The molecule has 106 valence electrons. The van der Waals surface area contributed by atoms with Gasteiger partial charge in [-0.3, -0.25) is 0 Å². The van der Waals surface area contributed by atoms with Crippen molar-refractivity contribution in [3.63, 3.8) is 0 Å². The third kappa shape index (κ3) is 3.52. The minimum absolute atomic E-state index is 0.219. The minimum atomic E-state index is 0.219. The van der Waals surface area contributed by atoms with Crippen LogP contribution in [0.3, 0.4) is 0 Å². The van der Waals surface area contributed by atoms with Gasteiger partial charge in [-0.2, -0.15) is 0 Å². The van der Waals surface area contributed by atoms with Crippen LogP contribution in [0.5, 0.6) is 17.2 Å². The van der Waals surface area contributed by atoms with Crippen LogP contribution in [0, 0.1) is 0 Å². The summed E-state index contributed by atoms with van der Waals surface area (Å²) in [5.41, 5.74) is 1.12. The smallest absolute Gasteiger partial charge is 0.133 e. The second-order valence-electron chi connectivity index (χ2n) is 4.47. The molecule has 20 heavy (non-hydrogen) atoms. The quantitative estimate of drug-likeness (QED) is 0.870. The van der Waals surface area contributed by atoms with Crippen LogP contribution < -0.4 is 14.8 Å². The maximum Gasteiger partial charge on any atom is 0.133 e. The zero-order chi connectivity index (χ0) is 14.5. The molecule has 0 radical (unpaired) electrons. The topological polar surface area (TPSA) is 30.5 Å². The van der Waals surface area contributed by atoms with Crippen LogP contribution in [0.25, 0.3) is 0 Å². The Morgan fingerprint density at radius 1 is 1.05 bits per heavy atom. The van der Waals surface area contributed by atoms with Gasteiger partial charge in [-0.05, 0) is 50.4 Å². The van der Waals surface area contributed by atoms with Gasteiger partial charge in [-0.25, -0.2) is 0 Å². The largest absolute Gasteiger partial charge is 0.497 e. The normalized spacial score (nSPS) is 12.0. The van der Waals surface area contributed by atoms with Crippen molar-refractivity contribution < 1.29 is 9.47 Å². The van der Waals surface area contributed by atoms with E-state index in [4.69, 9.17) is 9.47 Å². The summed E-state index contributed by atoms with van der Waals surface area (Å²) in [5.74, 6) is 2.44. The fourth-order valence-electron chi connectivity index (χ4n) is 1.88. The van der Waals surface area contributed by atoms with Crippen molar-refractivity contribution in [2.45, 2.75) is 13.0 Å². The van der Waals surface area contributed by atoms with Crippen LogP contribution >= 0.6 is 15.9 Å². The number of halogens is 1. The van der Waals surface area contributed by atoms with Gasteiger partial charge < -0.3 is 14.8 Å². The molecule has 0 saturated heterocycles. The molecule has 0 amide bonds. The van der Waals surface area contributed by atoms with E-state index >= 15 is 0 Å². The summed E-state index contributed by atoms with van der Waals surface area (Å²) in [6.45, 7) is 2.10. The molecule has 0 saturated carbocycles. The van der Waals surface area contributed by atoms with Crippen molar-refractivity contribution in [1.82, 2.24) is 5.32 Å². The number of rotatable bonds is 5. The van der Waals surface area contributed by atoms with E-state index in [0.717, 1.165) is 27.3 Å². The highest BCUT2D eigenvalue weighted by atomic mass is 79.9. The van der Waals surface area contributed by atoms with E-state index < -0.39 is 0 Å². The molecule has 0 aliphatic heterocycles. The van der Waals surface area contributed by atoms with E-state index in [1.165, 1.54) is 0 Å². The van der Waals surface area contributed by atoms with Crippen molar-refractivity contribution in [1.29, 1.82) is 0 Å². The van der Waals surface area contributed by atoms with Crippen molar-refractivity contribution in [3.05, 3.63) is 52.5 Å². The number of ether oxygens (including phenoxy) is 2. The van der Waals surface area contributed by atoms with Gasteiger partial charge in [0.15, 0.2) is 0 Å². The lowest BCUT2D eigenvalue weighted by molar-refractivity contribution is 0.412. The summed E-state index contributed by atoms with van der Waals surface area (Å²) >= 11 is 3.48. The molecule has 0 aliphatic rings. The zero-order valence-corrected chi connectivity index (χ0v) is 13.4. The molecule has 2 aromatic rings. The number of hydrogen-bond acceptors (Lipinski definition) is 3. The monoisotopic (exact) mass is 335 g/mol. The SMILES string of the molecule is CNC(C)c1ccc(Br)cc1Oc1ccc(OC)cc1. The third-order valence-electron chi connectivity index (χ3n) is 3.16. The molecule has 2 rings (SSSR count). The molecule has 0 aromatic heterocycles. The summed E-state index contributed by atoms with van der Waals surface area (Å²) in [4.78, 5) is 0. The molecule has 4 heteroatoms. The summed E-state index contributed by atoms with van der Waals surface area (Å²) in [6.07, 6.45) is 0. The molecule has 0 fully saturated rings. The number of benzene rings is 2. The number of nitrogens with one attached hydrogen (secondary N) is 1. The van der Waals surface area contributed by atoms with Gasteiger partial charge >= 0.3 is 0 Å². The molecular weight excluding hydrogens is 318 g/mol. The van der Waals surface area contributed by atoms with Gasteiger partial charge in [-0.1, -0.05) is 22.0 Å². The summed E-state index contributed by atoms with van der Waals surface area (Å²) in [6, 6.07) is 13.8.